The number of carbonyl (C=O) groups is 1. The molecule has 0 aliphatic rings. The highest BCUT2D eigenvalue weighted by molar-refractivity contribution is 5.98. The minimum atomic E-state index is 0.0684. The average Bonchev–Trinajstić information content (AvgIpc) is 2.57. The van der Waals surface area contributed by atoms with Gasteiger partial charge in [0.05, 0.1) is 6.26 Å². The molecule has 0 saturated heterocycles. The van der Waals surface area contributed by atoms with E-state index < -0.39 is 0 Å². The lowest BCUT2D eigenvalue weighted by Gasteiger charge is -1.96. The van der Waals surface area contributed by atoms with Crippen molar-refractivity contribution in [1.29, 1.82) is 0 Å². The third-order valence-corrected chi connectivity index (χ3v) is 1.71. The van der Waals surface area contributed by atoms with Crippen molar-refractivity contribution < 1.29 is 9.21 Å². The molecule has 0 bridgehead atoms. The maximum absolute atomic E-state index is 11.3. The molecule has 2 N–H and O–H groups in total. The summed E-state index contributed by atoms with van der Waals surface area (Å²) >= 11 is 0. The lowest BCUT2D eigenvalue weighted by atomic mass is 10.1. The van der Waals surface area contributed by atoms with Crippen molar-refractivity contribution in [2.45, 2.75) is 13.3 Å². The monoisotopic (exact) mass is 179 g/mol. The number of Topliss-reactive ketones (excluding diaryl/α,β-unsaturated/α-hetero) is 1. The van der Waals surface area contributed by atoms with Gasteiger partial charge in [-0.1, -0.05) is 0 Å². The van der Waals surface area contributed by atoms with E-state index in [2.05, 4.69) is 0 Å². The normalized spacial score (nSPS) is 11.7. The lowest BCUT2D eigenvalue weighted by molar-refractivity contribution is -0.115. The first-order valence-corrected chi connectivity index (χ1v) is 4.19. The number of allylic oxidation sites excluding steroid dienone is 1. The van der Waals surface area contributed by atoms with Crippen molar-refractivity contribution in [3.8, 4) is 0 Å². The van der Waals surface area contributed by atoms with Gasteiger partial charge in [-0.3, -0.25) is 4.79 Å². The molecular weight excluding hydrogens is 166 g/mol. The highest BCUT2D eigenvalue weighted by atomic mass is 16.3. The number of rotatable bonds is 4. The van der Waals surface area contributed by atoms with Gasteiger partial charge >= 0.3 is 0 Å². The van der Waals surface area contributed by atoms with Gasteiger partial charge in [-0.2, -0.15) is 0 Å². The molecule has 0 radical (unpaired) electrons. The zero-order chi connectivity index (χ0) is 9.68. The molecule has 1 rings (SSSR count). The van der Waals surface area contributed by atoms with E-state index in [0.717, 1.165) is 0 Å². The first-order valence-electron chi connectivity index (χ1n) is 4.19. The van der Waals surface area contributed by atoms with Gasteiger partial charge in [0.15, 0.2) is 5.78 Å². The Morgan fingerprint density at radius 3 is 3.00 bits per heavy atom. The zero-order valence-corrected chi connectivity index (χ0v) is 7.62. The summed E-state index contributed by atoms with van der Waals surface area (Å²) in [4.78, 5) is 11.3. The van der Waals surface area contributed by atoms with Crippen molar-refractivity contribution in [2.75, 3.05) is 6.54 Å². The molecule has 1 heterocycles. The fourth-order valence-corrected chi connectivity index (χ4v) is 0.996. The second kappa shape index (κ2) is 4.62. The summed E-state index contributed by atoms with van der Waals surface area (Å²) < 4.78 is 5.07. The van der Waals surface area contributed by atoms with Crippen LogP contribution in [-0.2, 0) is 4.79 Å². The Labute approximate surface area is 77.2 Å². The molecule has 3 heteroatoms. The van der Waals surface area contributed by atoms with Gasteiger partial charge in [-0.25, -0.2) is 0 Å². The van der Waals surface area contributed by atoms with E-state index in [4.69, 9.17) is 10.2 Å². The minimum Gasteiger partial charge on any atom is -0.465 e. The molecule has 0 aromatic carbocycles. The molecule has 0 atom stereocenters. The van der Waals surface area contributed by atoms with E-state index in [0.29, 0.717) is 24.3 Å². The van der Waals surface area contributed by atoms with Crippen molar-refractivity contribution in [1.82, 2.24) is 0 Å². The van der Waals surface area contributed by atoms with Crippen LogP contribution >= 0.6 is 0 Å². The van der Waals surface area contributed by atoms with Crippen LogP contribution in [0.3, 0.4) is 0 Å². The Morgan fingerprint density at radius 1 is 1.69 bits per heavy atom. The minimum absolute atomic E-state index is 0.0684. The van der Waals surface area contributed by atoms with E-state index in [1.807, 2.05) is 0 Å². The van der Waals surface area contributed by atoms with Crippen LogP contribution in [0.15, 0.2) is 28.4 Å². The van der Waals surface area contributed by atoms with Gasteiger partial charge in [-0.05, 0) is 37.3 Å². The molecule has 0 fully saturated rings. The van der Waals surface area contributed by atoms with Crippen LogP contribution in [0.1, 0.15) is 19.1 Å². The first-order chi connectivity index (χ1) is 6.24. The van der Waals surface area contributed by atoms with Gasteiger partial charge < -0.3 is 10.2 Å². The largest absolute Gasteiger partial charge is 0.465 e. The zero-order valence-electron chi connectivity index (χ0n) is 7.62. The Balaban J connectivity index is 2.66. The van der Waals surface area contributed by atoms with Crippen LogP contribution in [0, 0.1) is 0 Å². The summed E-state index contributed by atoms with van der Waals surface area (Å²) in [6.45, 7) is 2.16. The van der Waals surface area contributed by atoms with Crippen LogP contribution in [-0.4, -0.2) is 12.3 Å². The first kappa shape index (κ1) is 9.74. The third kappa shape index (κ3) is 2.87. The predicted molar refractivity (Wildman–Crippen MR) is 51.0 cm³/mol. The lowest BCUT2D eigenvalue weighted by Crippen LogP contribution is -2.08. The fourth-order valence-electron chi connectivity index (χ4n) is 0.996. The number of hydrogen-bond acceptors (Lipinski definition) is 3. The molecule has 1 aromatic heterocycles. The SMILES string of the molecule is C/C(=C\c1ccco1)C(=O)CCN. The third-order valence-electron chi connectivity index (χ3n) is 1.71. The average molecular weight is 179 g/mol. The Hall–Kier alpha value is -1.35. The summed E-state index contributed by atoms with van der Waals surface area (Å²) in [5.41, 5.74) is 5.95. The topological polar surface area (TPSA) is 56.2 Å². The number of carbonyl (C=O) groups excluding carboxylic acids is 1. The van der Waals surface area contributed by atoms with Crippen LogP contribution in [0.2, 0.25) is 0 Å². The molecule has 0 amide bonds. The van der Waals surface area contributed by atoms with Crippen molar-refractivity contribution >= 4 is 11.9 Å². The molecule has 70 valence electrons. The number of furan rings is 1. The van der Waals surface area contributed by atoms with Gasteiger partial charge in [0.1, 0.15) is 5.76 Å². The molecule has 1 aromatic rings. The number of hydrogen-bond donors (Lipinski definition) is 1. The van der Waals surface area contributed by atoms with Crippen LogP contribution in [0.5, 0.6) is 0 Å². The molecule has 13 heavy (non-hydrogen) atoms. The summed E-state index contributed by atoms with van der Waals surface area (Å²) in [5, 5.41) is 0. The van der Waals surface area contributed by atoms with E-state index in [-0.39, 0.29) is 5.78 Å². The fraction of sp³-hybridized carbons (Fsp3) is 0.300. The highest BCUT2D eigenvalue weighted by Gasteiger charge is 2.03. The number of ketones is 1. The van der Waals surface area contributed by atoms with Crippen LogP contribution in [0.4, 0.5) is 0 Å². The molecule has 0 unspecified atom stereocenters. The van der Waals surface area contributed by atoms with E-state index in [9.17, 15) is 4.79 Å². The maximum Gasteiger partial charge on any atom is 0.159 e. The quantitative estimate of drug-likeness (QED) is 0.714. The van der Waals surface area contributed by atoms with E-state index in [1.54, 1.807) is 31.4 Å². The van der Waals surface area contributed by atoms with Crippen LogP contribution < -0.4 is 5.73 Å². The van der Waals surface area contributed by atoms with Gasteiger partial charge in [0.25, 0.3) is 0 Å². The molecular formula is C10H13NO2. The summed E-state index contributed by atoms with van der Waals surface area (Å²) in [7, 11) is 0. The van der Waals surface area contributed by atoms with Crippen LogP contribution in [0.25, 0.3) is 6.08 Å². The van der Waals surface area contributed by atoms with Gasteiger partial charge in [0, 0.05) is 6.42 Å². The number of nitrogens with two attached hydrogens (primary N) is 1. The highest BCUT2D eigenvalue weighted by Crippen LogP contribution is 2.08. The van der Waals surface area contributed by atoms with Crippen molar-refractivity contribution in [3.05, 3.63) is 29.7 Å². The van der Waals surface area contributed by atoms with Crippen molar-refractivity contribution in [3.63, 3.8) is 0 Å². The Bertz CT molecular complexity index is 299. The standard InChI is InChI=1S/C10H13NO2/c1-8(10(12)4-5-11)7-9-3-2-6-13-9/h2-3,6-7H,4-5,11H2,1H3/b8-7+. The van der Waals surface area contributed by atoms with Gasteiger partial charge in [0.2, 0.25) is 0 Å². The summed E-state index contributed by atoms with van der Waals surface area (Å²) in [5.74, 6) is 0.766. The molecule has 0 aliphatic carbocycles. The molecule has 0 saturated carbocycles. The van der Waals surface area contributed by atoms with E-state index >= 15 is 0 Å². The molecule has 0 spiro atoms. The molecule has 3 nitrogen and oxygen atoms in total. The smallest absolute Gasteiger partial charge is 0.159 e. The predicted octanol–water partition coefficient (Wildman–Crippen LogP) is 1.60. The van der Waals surface area contributed by atoms with Crippen molar-refractivity contribution in [2.24, 2.45) is 5.73 Å². The second-order valence-corrected chi connectivity index (χ2v) is 2.80. The summed E-state index contributed by atoms with van der Waals surface area (Å²) in [6, 6.07) is 3.59. The Kier molecular flexibility index (Phi) is 3.46. The summed E-state index contributed by atoms with van der Waals surface area (Å²) in [6.07, 6.45) is 3.69. The second-order valence-electron chi connectivity index (χ2n) is 2.80. The Morgan fingerprint density at radius 2 is 2.46 bits per heavy atom. The van der Waals surface area contributed by atoms with E-state index in [1.165, 1.54) is 0 Å². The molecule has 0 aliphatic heterocycles. The van der Waals surface area contributed by atoms with Gasteiger partial charge in [-0.15, -0.1) is 0 Å². The maximum atomic E-state index is 11.3.